The maximum Gasteiger partial charge on any atom is 0.244 e. The summed E-state index contributed by atoms with van der Waals surface area (Å²) in [6.45, 7) is 5.24. The van der Waals surface area contributed by atoms with Crippen molar-refractivity contribution in [1.82, 2.24) is 9.88 Å². The molecule has 0 unspecified atom stereocenters. The third-order valence-corrected chi connectivity index (χ3v) is 7.59. The monoisotopic (exact) mass is 481 g/mol. The molecule has 0 radical (unpaired) electrons. The molecule has 0 fully saturated rings. The first kappa shape index (κ1) is 25.3. The molecule has 0 aliphatic rings. The van der Waals surface area contributed by atoms with Crippen molar-refractivity contribution >= 4 is 54.8 Å². The number of benzene rings is 2. The van der Waals surface area contributed by atoms with Gasteiger partial charge >= 0.3 is 0 Å². The third kappa shape index (κ3) is 6.26. The smallest absolute Gasteiger partial charge is 0.244 e. The summed E-state index contributed by atoms with van der Waals surface area (Å²) in [4.78, 5) is 21.5. The molecule has 0 atom stereocenters. The second kappa shape index (κ2) is 10.5. The van der Waals surface area contributed by atoms with Gasteiger partial charge in [-0.25, -0.2) is 13.4 Å². The molecule has 0 N–H and O–H groups in total. The Balaban J connectivity index is 0.00000341. The summed E-state index contributed by atoms with van der Waals surface area (Å²) in [6, 6.07) is 12.2. The van der Waals surface area contributed by atoms with Gasteiger partial charge < -0.3 is 4.90 Å². The quantitative estimate of drug-likeness (QED) is 0.484. The van der Waals surface area contributed by atoms with E-state index in [1.165, 1.54) is 28.4 Å². The highest BCUT2D eigenvalue weighted by Crippen LogP contribution is 2.32. The number of sulfone groups is 1. The Morgan fingerprint density at radius 2 is 1.74 bits per heavy atom. The van der Waals surface area contributed by atoms with Crippen LogP contribution in [0.5, 0.6) is 0 Å². The fraction of sp³-hybridized carbons (Fsp3) is 0.364. The number of hydrogen-bond donors (Lipinski definition) is 0. The molecule has 0 spiro atoms. The Labute approximate surface area is 194 Å². The van der Waals surface area contributed by atoms with E-state index in [4.69, 9.17) is 0 Å². The van der Waals surface area contributed by atoms with Crippen LogP contribution in [0.2, 0.25) is 0 Å². The Hall–Kier alpha value is -2.00. The summed E-state index contributed by atoms with van der Waals surface area (Å²) >= 11 is 1.44. The van der Waals surface area contributed by atoms with E-state index >= 15 is 0 Å². The van der Waals surface area contributed by atoms with Crippen LogP contribution in [0.4, 0.5) is 5.13 Å². The average molecular weight is 482 g/mol. The Kier molecular flexibility index (Phi) is 8.59. The minimum atomic E-state index is -3.72. The number of carbonyl (C=O) groups excluding carboxylic acids is 1. The summed E-state index contributed by atoms with van der Waals surface area (Å²) in [6.07, 6.45) is 0.720. The lowest BCUT2D eigenvalue weighted by Gasteiger charge is -2.21. The number of nitrogens with zero attached hydrogens (tertiary/aromatic N) is 3. The van der Waals surface area contributed by atoms with E-state index in [0.29, 0.717) is 11.7 Å². The summed E-state index contributed by atoms with van der Waals surface area (Å²) in [5.41, 5.74) is 3.05. The summed E-state index contributed by atoms with van der Waals surface area (Å²) < 4.78 is 26.5. The Bertz CT molecular complexity index is 1150. The highest BCUT2D eigenvalue weighted by atomic mass is 35.5. The number of amides is 1. The molecular formula is C22H28ClN3O3S2. The lowest BCUT2D eigenvalue weighted by molar-refractivity contribution is -0.116. The lowest BCUT2D eigenvalue weighted by Crippen LogP contribution is -2.37. The minimum Gasteiger partial charge on any atom is -0.309 e. The fourth-order valence-corrected chi connectivity index (χ4v) is 5.58. The number of aromatic nitrogens is 1. The Morgan fingerprint density at radius 3 is 2.39 bits per heavy atom. The molecule has 6 nitrogen and oxygen atoms in total. The molecule has 9 heteroatoms. The maximum atomic E-state index is 13.1. The van der Waals surface area contributed by atoms with E-state index in [1.807, 2.05) is 38.9 Å². The molecule has 0 aliphatic carbocycles. The molecule has 3 rings (SSSR count). The number of aryl methyl sites for hydroxylation is 2. The van der Waals surface area contributed by atoms with Crippen molar-refractivity contribution in [3.05, 3.63) is 53.6 Å². The van der Waals surface area contributed by atoms with Gasteiger partial charge in [0.1, 0.15) is 5.75 Å². The van der Waals surface area contributed by atoms with E-state index in [0.717, 1.165) is 34.3 Å². The van der Waals surface area contributed by atoms with Gasteiger partial charge in [0, 0.05) is 6.54 Å². The molecular weight excluding hydrogens is 454 g/mol. The van der Waals surface area contributed by atoms with Crippen LogP contribution < -0.4 is 4.90 Å². The van der Waals surface area contributed by atoms with Crippen molar-refractivity contribution in [2.45, 2.75) is 25.2 Å². The number of anilines is 1. The molecule has 0 saturated heterocycles. The van der Waals surface area contributed by atoms with Gasteiger partial charge in [0.05, 0.1) is 15.1 Å². The van der Waals surface area contributed by atoms with Crippen LogP contribution in [-0.4, -0.2) is 57.1 Å². The topological polar surface area (TPSA) is 70.6 Å². The van der Waals surface area contributed by atoms with Crippen molar-refractivity contribution in [3.63, 3.8) is 0 Å². The SMILES string of the molecule is Cc1cc(C)c2sc(N(CCCN(C)C)C(=O)CS(=O)(=O)c3ccccc3)nc2c1.Cl. The number of thiazole rings is 1. The molecule has 1 amide bonds. The molecule has 168 valence electrons. The first-order valence-electron chi connectivity index (χ1n) is 9.78. The van der Waals surface area contributed by atoms with Crippen LogP contribution in [0.25, 0.3) is 10.2 Å². The van der Waals surface area contributed by atoms with Crippen LogP contribution in [0.1, 0.15) is 17.5 Å². The van der Waals surface area contributed by atoms with E-state index < -0.39 is 21.5 Å². The van der Waals surface area contributed by atoms with Gasteiger partial charge in [-0.3, -0.25) is 9.69 Å². The third-order valence-electron chi connectivity index (χ3n) is 4.74. The first-order valence-corrected chi connectivity index (χ1v) is 12.2. The number of halogens is 1. The molecule has 1 heterocycles. The summed E-state index contributed by atoms with van der Waals surface area (Å²) in [5, 5.41) is 0.547. The van der Waals surface area contributed by atoms with Gasteiger partial charge in [-0.2, -0.15) is 0 Å². The van der Waals surface area contributed by atoms with Gasteiger partial charge in [-0.1, -0.05) is 35.6 Å². The van der Waals surface area contributed by atoms with Gasteiger partial charge in [0.2, 0.25) is 5.91 Å². The van der Waals surface area contributed by atoms with E-state index in [1.54, 1.807) is 18.2 Å². The van der Waals surface area contributed by atoms with Gasteiger partial charge in [0.15, 0.2) is 15.0 Å². The van der Waals surface area contributed by atoms with Gasteiger partial charge in [-0.15, -0.1) is 12.4 Å². The first-order chi connectivity index (χ1) is 14.2. The van der Waals surface area contributed by atoms with Crippen LogP contribution in [0, 0.1) is 13.8 Å². The highest BCUT2D eigenvalue weighted by molar-refractivity contribution is 7.92. The van der Waals surface area contributed by atoms with E-state index in [-0.39, 0.29) is 17.3 Å². The predicted octanol–water partition coefficient (Wildman–Crippen LogP) is 4.09. The van der Waals surface area contributed by atoms with Crippen molar-refractivity contribution < 1.29 is 13.2 Å². The van der Waals surface area contributed by atoms with Crippen LogP contribution in [0.3, 0.4) is 0 Å². The molecule has 31 heavy (non-hydrogen) atoms. The summed E-state index contributed by atoms with van der Waals surface area (Å²) in [7, 11) is 0.213. The second-order valence-corrected chi connectivity index (χ2v) is 10.7. The molecule has 3 aromatic rings. The Morgan fingerprint density at radius 1 is 1.06 bits per heavy atom. The number of fused-ring (bicyclic) bond motifs is 1. The van der Waals surface area contributed by atoms with E-state index in [9.17, 15) is 13.2 Å². The van der Waals surface area contributed by atoms with Crippen LogP contribution in [-0.2, 0) is 14.6 Å². The zero-order chi connectivity index (χ0) is 21.9. The maximum absolute atomic E-state index is 13.1. The van der Waals surface area contributed by atoms with Crippen LogP contribution >= 0.6 is 23.7 Å². The van der Waals surface area contributed by atoms with E-state index in [2.05, 4.69) is 11.1 Å². The standard InChI is InChI=1S/C22H27N3O3S2.ClH/c1-16-13-17(2)21-19(14-16)23-22(29-21)25(12-8-11-24(3)4)20(26)15-30(27,28)18-9-6-5-7-10-18;/h5-7,9-10,13-14H,8,11-12,15H2,1-4H3;1H. The van der Waals surface area contributed by atoms with Crippen molar-refractivity contribution in [1.29, 1.82) is 0 Å². The number of carbonyl (C=O) groups is 1. The van der Waals surface area contributed by atoms with Crippen molar-refractivity contribution in [2.75, 3.05) is 37.8 Å². The minimum absolute atomic E-state index is 0. The molecule has 0 aliphatic heterocycles. The highest BCUT2D eigenvalue weighted by Gasteiger charge is 2.26. The second-order valence-electron chi connectivity index (χ2n) is 7.70. The normalized spacial score (nSPS) is 11.5. The summed E-state index contributed by atoms with van der Waals surface area (Å²) in [5.74, 6) is -1.03. The number of hydrogen-bond acceptors (Lipinski definition) is 6. The predicted molar refractivity (Wildman–Crippen MR) is 130 cm³/mol. The molecule has 0 bridgehead atoms. The lowest BCUT2D eigenvalue weighted by atomic mass is 10.1. The van der Waals surface area contributed by atoms with Crippen molar-refractivity contribution in [3.8, 4) is 0 Å². The van der Waals surface area contributed by atoms with Crippen molar-refractivity contribution in [2.24, 2.45) is 0 Å². The van der Waals surface area contributed by atoms with Gasteiger partial charge in [-0.05, 0) is 70.2 Å². The average Bonchev–Trinajstić information content (AvgIpc) is 3.09. The molecule has 0 saturated carbocycles. The zero-order valence-electron chi connectivity index (χ0n) is 18.2. The number of rotatable bonds is 8. The van der Waals surface area contributed by atoms with Crippen LogP contribution in [0.15, 0.2) is 47.4 Å². The fourth-order valence-electron chi connectivity index (χ4n) is 3.30. The molecule has 1 aromatic heterocycles. The zero-order valence-corrected chi connectivity index (χ0v) is 20.6. The largest absolute Gasteiger partial charge is 0.309 e. The van der Waals surface area contributed by atoms with Gasteiger partial charge in [0.25, 0.3) is 0 Å². The molecule has 2 aromatic carbocycles.